The van der Waals surface area contributed by atoms with E-state index in [4.69, 9.17) is 46.4 Å². The first kappa shape index (κ1) is 18.7. The molecule has 0 aromatic heterocycles. The van der Waals surface area contributed by atoms with E-state index in [1.54, 1.807) is 12.1 Å². The fourth-order valence-electron chi connectivity index (χ4n) is 1.89. The van der Waals surface area contributed by atoms with Gasteiger partial charge in [-0.05, 0) is 26.0 Å². The highest BCUT2D eigenvalue weighted by Crippen LogP contribution is 2.40. The number of aryl methyl sites for hydroxylation is 1. The second kappa shape index (κ2) is 6.37. The van der Waals surface area contributed by atoms with Gasteiger partial charge in [0.2, 0.25) is 0 Å². The number of allylic oxidation sites excluding steroid dienone is 2. The minimum absolute atomic E-state index is 0.0340. The van der Waals surface area contributed by atoms with Gasteiger partial charge in [-0.25, -0.2) is 0 Å². The summed E-state index contributed by atoms with van der Waals surface area (Å²) in [6.45, 7) is 3.15. The minimum atomic E-state index is -4.08. The fourth-order valence-corrected chi connectivity index (χ4v) is 4.13. The van der Waals surface area contributed by atoms with Gasteiger partial charge in [0.15, 0.2) is 5.78 Å². The van der Waals surface area contributed by atoms with Crippen molar-refractivity contribution in [2.24, 2.45) is 4.40 Å². The number of Topliss-reactive ketones (excluding diaryl/α,β-unsaturated/α-hetero) is 1. The number of rotatable bonds is 2. The van der Waals surface area contributed by atoms with Crippen LogP contribution in [-0.2, 0) is 14.8 Å². The zero-order chi connectivity index (χ0) is 17.6. The summed E-state index contributed by atoms with van der Waals surface area (Å²) in [5.41, 5.74) is 0.639. The maximum absolute atomic E-state index is 12.4. The molecule has 2 rings (SSSR count). The number of ketones is 1. The zero-order valence-electron chi connectivity index (χ0n) is 12.0. The first-order valence-electron chi connectivity index (χ1n) is 6.33. The molecule has 0 amide bonds. The Morgan fingerprint density at radius 2 is 1.65 bits per heavy atom. The van der Waals surface area contributed by atoms with Crippen LogP contribution in [0.5, 0.6) is 0 Å². The molecule has 1 aromatic carbocycles. The lowest BCUT2D eigenvalue weighted by Crippen LogP contribution is -2.47. The van der Waals surface area contributed by atoms with Crippen molar-refractivity contribution in [1.82, 2.24) is 0 Å². The number of hydrogen-bond acceptors (Lipinski definition) is 3. The Bertz CT molecular complexity index is 826. The molecule has 0 saturated carbocycles. The lowest BCUT2D eigenvalue weighted by atomic mass is 9.91. The lowest BCUT2D eigenvalue weighted by Gasteiger charge is -2.31. The van der Waals surface area contributed by atoms with Crippen molar-refractivity contribution < 1.29 is 13.2 Å². The van der Waals surface area contributed by atoms with Gasteiger partial charge in [0.1, 0.15) is 15.3 Å². The summed E-state index contributed by atoms with van der Waals surface area (Å²) in [6.07, 6.45) is 0. The first-order valence-corrected chi connectivity index (χ1v) is 9.34. The number of alkyl halides is 2. The molecule has 0 fully saturated rings. The van der Waals surface area contributed by atoms with Crippen LogP contribution in [0.25, 0.3) is 0 Å². The van der Waals surface area contributed by atoms with E-state index in [9.17, 15) is 13.2 Å². The molecule has 0 radical (unpaired) electrons. The Morgan fingerprint density at radius 1 is 1.13 bits per heavy atom. The van der Waals surface area contributed by atoms with Crippen molar-refractivity contribution in [3.8, 4) is 0 Å². The van der Waals surface area contributed by atoms with Gasteiger partial charge in [0.05, 0.1) is 15.6 Å². The maximum Gasteiger partial charge on any atom is 0.282 e. The van der Waals surface area contributed by atoms with E-state index >= 15 is 0 Å². The molecule has 0 spiro atoms. The van der Waals surface area contributed by atoms with E-state index < -0.39 is 26.1 Å². The standard InChI is InChI=1S/C14H11Cl4NO3S/c1-7-3-5-8(6-4-7)23(21,22)19-11-9(15)10(16)13(20)14(2,18)12(11)17/h3-6,12H,1-2H3/t12-,14-/m1/s1. The third kappa shape index (κ3) is 3.44. The topological polar surface area (TPSA) is 63.6 Å². The van der Waals surface area contributed by atoms with E-state index in [0.29, 0.717) is 0 Å². The average Bonchev–Trinajstić information content (AvgIpc) is 2.49. The molecule has 0 N–H and O–H groups in total. The highest BCUT2D eigenvalue weighted by Gasteiger charge is 2.49. The zero-order valence-corrected chi connectivity index (χ0v) is 15.8. The average molecular weight is 415 g/mol. The third-order valence-electron chi connectivity index (χ3n) is 3.31. The minimum Gasteiger partial charge on any atom is -0.291 e. The quantitative estimate of drug-likeness (QED) is 0.687. The predicted molar refractivity (Wildman–Crippen MR) is 93.4 cm³/mol. The lowest BCUT2D eigenvalue weighted by molar-refractivity contribution is -0.117. The highest BCUT2D eigenvalue weighted by atomic mass is 35.5. The molecule has 9 heteroatoms. The van der Waals surface area contributed by atoms with E-state index in [-0.39, 0.29) is 20.7 Å². The van der Waals surface area contributed by atoms with Gasteiger partial charge >= 0.3 is 0 Å². The second-order valence-corrected chi connectivity index (χ2v) is 8.74. The van der Waals surface area contributed by atoms with Crippen LogP contribution in [0.1, 0.15) is 12.5 Å². The molecule has 23 heavy (non-hydrogen) atoms. The van der Waals surface area contributed by atoms with Crippen LogP contribution in [0.4, 0.5) is 0 Å². The Balaban J connectivity index is 2.61. The van der Waals surface area contributed by atoms with Crippen LogP contribution in [0.3, 0.4) is 0 Å². The number of sulfonamides is 1. The summed E-state index contributed by atoms with van der Waals surface area (Å²) in [7, 11) is -4.08. The molecule has 0 aliphatic heterocycles. The Hall–Kier alpha value is -0.590. The van der Waals surface area contributed by atoms with Crippen molar-refractivity contribution in [2.75, 3.05) is 0 Å². The Labute approximate surface area is 154 Å². The summed E-state index contributed by atoms with van der Waals surface area (Å²) in [5, 5.41) is -1.95. The number of hydrogen-bond donors (Lipinski definition) is 0. The van der Waals surface area contributed by atoms with Crippen molar-refractivity contribution in [3.05, 3.63) is 39.9 Å². The molecular weight excluding hydrogens is 404 g/mol. The van der Waals surface area contributed by atoms with E-state index in [0.717, 1.165) is 5.56 Å². The van der Waals surface area contributed by atoms with Crippen LogP contribution in [0, 0.1) is 6.92 Å². The number of benzene rings is 1. The molecule has 1 aromatic rings. The Kier molecular flexibility index (Phi) is 5.19. The molecule has 1 aliphatic carbocycles. The number of nitrogens with zero attached hydrogens (tertiary/aromatic N) is 1. The van der Waals surface area contributed by atoms with Gasteiger partial charge in [0.25, 0.3) is 10.0 Å². The molecule has 0 unspecified atom stereocenters. The fraction of sp³-hybridized carbons (Fsp3) is 0.286. The smallest absolute Gasteiger partial charge is 0.282 e. The van der Waals surface area contributed by atoms with Gasteiger partial charge in [0, 0.05) is 0 Å². The van der Waals surface area contributed by atoms with E-state index in [2.05, 4.69) is 4.40 Å². The van der Waals surface area contributed by atoms with Crippen molar-refractivity contribution in [3.63, 3.8) is 0 Å². The van der Waals surface area contributed by atoms with E-state index in [1.165, 1.54) is 19.1 Å². The molecule has 4 nitrogen and oxygen atoms in total. The summed E-state index contributed by atoms with van der Waals surface area (Å²) < 4.78 is 28.5. The first-order chi connectivity index (χ1) is 10.5. The predicted octanol–water partition coefficient (Wildman–Crippen LogP) is 4.00. The van der Waals surface area contributed by atoms with Crippen LogP contribution < -0.4 is 0 Å². The molecule has 124 valence electrons. The number of halogens is 4. The highest BCUT2D eigenvalue weighted by molar-refractivity contribution is 7.90. The van der Waals surface area contributed by atoms with Gasteiger partial charge in [-0.15, -0.1) is 23.2 Å². The van der Waals surface area contributed by atoms with Crippen molar-refractivity contribution in [2.45, 2.75) is 29.0 Å². The molecule has 0 saturated heterocycles. The number of carbonyl (C=O) groups is 1. The van der Waals surface area contributed by atoms with Gasteiger partial charge < -0.3 is 0 Å². The molecular formula is C14H11Cl4NO3S. The largest absolute Gasteiger partial charge is 0.291 e. The van der Waals surface area contributed by atoms with Crippen molar-refractivity contribution >= 4 is 67.9 Å². The SMILES string of the molecule is Cc1ccc(S(=O)(=O)N=C2C(Cl)=C(Cl)C(=O)[C@](C)(Cl)[C@@H]2Cl)cc1. The van der Waals surface area contributed by atoms with Gasteiger partial charge in [-0.3, -0.25) is 4.79 Å². The summed E-state index contributed by atoms with van der Waals surface area (Å²) in [4.78, 5) is 10.3. The normalized spacial score (nSPS) is 27.7. The molecule has 1 aliphatic rings. The van der Waals surface area contributed by atoms with Crippen molar-refractivity contribution in [1.29, 1.82) is 0 Å². The summed E-state index contributed by atoms with van der Waals surface area (Å²) in [6, 6.07) is 6.08. The summed E-state index contributed by atoms with van der Waals surface area (Å²) in [5.74, 6) is -0.683. The van der Waals surface area contributed by atoms with Crippen LogP contribution in [0.15, 0.2) is 43.6 Å². The van der Waals surface area contributed by atoms with Gasteiger partial charge in [-0.2, -0.15) is 12.8 Å². The third-order valence-corrected chi connectivity index (χ3v) is 6.60. The van der Waals surface area contributed by atoms with E-state index in [1.807, 2.05) is 6.92 Å². The van der Waals surface area contributed by atoms with Crippen LogP contribution in [-0.4, -0.2) is 30.2 Å². The van der Waals surface area contributed by atoms with Gasteiger partial charge in [-0.1, -0.05) is 40.9 Å². The maximum atomic E-state index is 12.4. The molecule has 2 atom stereocenters. The van der Waals surface area contributed by atoms with Crippen LogP contribution >= 0.6 is 46.4 Å². The second-order valence-electron chi connectivity index (χ2n) is 5.16. The van der Waals surface area contributed by atoms with Crippen LogP contribution in [0.2, 0.25) is 0 Å². The molecule has 0 bridgehead atoms. The summed E-state index contributed by atoms with van der Waals surface area (Å²) >= 11 is 24.0. The Morgan fingerprint density at radius 3 is 2.17 bits per heavy atom. The molecule has 0 heterocycles. The number of carbonyl (C=O) groups excluding carboxylic acids is 1. The monoisotopic (exact) mass is 413 g/mol.